The maximum atomic E-state index is 14.0. The highest BCUT2D eigenvalue weighted by Crippen LogP contribution is 2.47. The highest BCUT2D eigenvalue weighted by molar-refractivity contribution is 5.96. The number of aromatic amines is 1. The van der Waals surface area contributed by atoms with Gasteiger partial charge in [0.15, 0.2) is 0 Å². The summed E-state index contributed by atoms with van der Waals surface area (Å²) < 4.78 is 6.03. The van der Waals surface area contributed by atoms with Crippen molar-refractivity contribution in [1.82, 2.24) is 20.5 Å². The first-order valence-electron chi connectivity index (χ1n) is 25.8. The molecule has 7 aromatic rings. The lowest BCUT2D eigenvalue weighted by molar-refractivity contribution is -0.384. The molecule has 0 bridgehead atoms. The van der Waals surface area contributed by atoms with Crippen LogP contribution in [0.1, 0.15) is 104 Å². The molecule has 1 saturated heterocycles. The Morgan fingerprint density at radius 2 is 1.56 bits per heavy atom. The molecule has 7 N–H and O–H groups in total. The number of rotatable bonds is 15. The Kier molecular flexibility index (Phi) is 15.7. The number of nitrogens with zero attached hydrogens (tertiary/aromatic N) is 2. The summed E-state index contributed by atoms with van der Waals surface area (Å²) in [7, 11) is 0. The number of non-ortho nitro benzene ring substituents is 1. The number of hydrogen-bond acceptors (Lipinski definition) is 8. The third-order valence-corrected chi connectivity index (χ3v) is 15.3. The van der Waals surface area contributed by atoms with E-state index in [1.165, 1.54) is 72.5 Å². The molecular weight excluding hydrogens is 915 g/mol. The topological polar surface area (TPSA) is 188 Å². The Balaban J connectivity index is 0.000000188. The first-order valence-corrected chi connectivity index (χ1v) is 25.8. The van der Waals surface area contributed by atoms with E-state index >= 15 is 0 Å². The Bertz CT molecular complexity index is 2970. The number of nitro groups is 1. The maximum absolute atomic E-state index is 14.0. The molecule has 1 aromatic heterocycles. The van der Waals surface area contributed by atoms with Gasteiger partial charge in [-0.3, -0.25) is 19.8 Å². The molecule has 378 valence electrons. The molecular formula is C60H67N7O6. The second-order valence-corrected chi connectivity index (χ2v) is 20.3. The number of H-pyrrole nitrogens is 1. The van der Waals surface area contributed by atoms with Crippen LogP contribution in [-0.2, 0) is 23.1 Å². The fourth-order valence-electron chi connectivity index (χ4n) is 11.3. The smallest absolute Gasteiger partial charge is 0.320 e. The first-order chi connectivity index (χ1) is 35.4. The number of likely N-dealkylation sites (tertiary alicyclic amines) is 1. The minimum atomic E-state index is -1.31. The summed E-state index contributed by atoms with van der Waals surface area (Å²) in [6, 6.07) is 46.1. The molecule has 3 amide bonds. The van der Waals surface area contributed by atoms with Gasteiger partial charge in [0.05, 0.1) is 4.92 Å². The normalized spacial score (nSPS) is 18.0. The van der Waals surface area contributed by atoms with Crippen molar-refractivity contribution in [2.75, 3.05) is 43.8 Å². The number of nitrogens with one attached hydrogen (secondary N) is 4. The van der Waals surface area contributed by atoms with E-state index in [0.29, 0.717) is 29.6 Å². The number of ether oxygens (including phenoxy) is 1. The van der Waals surface area contributed by atoms with Crippen molar-refractivity contribution < 1.29 is 24.4 Å². The summed E-state index contributed by atoms with van der Waals surface area (Å²) in [6.45, 7) is 6.33. The van der Waals surface area contributed by atoms with E-state index in [4.69, 9.17) is 10.5 Å². The van der Waals surface area contributed by atoms with Crippen LogP contribution in [-0.4, -0.2) is 70.2 Å². The first kappa shape index (κ1) is 50.3. The third-order valence-electron chi connectivity index (χ3n) is 15.3. The molecule has 2 heterocycles. The standard InChI is InChI=1S/C32H36N6O4.C28H31NO2/c1-31(19-22-20-34-28-8-4-3-7-27(22)28,37-30(40)36-25-13-15-26(16-14-25)38(41)42)29(39)35-21-32(17-5-2-6-18-32)23-9-11-24(33)12-10-23;30-24-11-15-27-23(20-24)10-14-26(21-6-2-1-3-7-21)28(27)22-8-12-25(13-9-22)31-19-18-29-16-4-5-17-29/h3-4,7-16,20,34H,2,5-6,17-19,21,33H2,1H3,(H,35,39)(H2,36,37,40);1-3,6-9,11-13,15,20,26,28,30H,4-5,10,14,16-19H2/t31-;26-,28+/m01/s1. The number of urea groups is 1. The number of nitrogens with two attached hydrogens (primary N) is 1. The zero-order valence-electron chi connectivity index (χ0n) is 41.7. The van der Waals surface area contributed by atoms with E-state index in [9.17, 15) is 24.8 Å². The van der Waals surface area contributed by atoms with Crippen molar-refractivity contribution in [1.29, 1.82) is 0 Å². The maximum Gasteiger partial charge on any atom is 0.320 e. The SMILES string of the molecule is C[C@@](Cc1c[nH]c2ccccc12)(NC(=O)Nc1ccc([N+](=O)[O-])cc1)C(=O)NCC1(c2ccc(N)cc2)CCCCC1.Oc1ccc2c(c1)CC[C@H](c1ccccc1)[C@@H]2c1ccc(OCCN2CCCC2)cc1. The van der Waals surface area contributed by atoms with Gasteiger partial charge in [-0.05, 0) is 152 Å². The fourth-order valence-corrected chi connectivity index (χ4v) is 11.3. The number of phenols is 1. The lowest BCUT2D eigenvalue weighted by atomic mass is 9.69. The molecule has 3 atom stereocenters. The van der Waals surface area contributed by atoms with E-state index in [0.717, 1.165) is 85.9 Å². The summed E-state index contributed by atoms with van der Waals surface area (Å²) in [5, 5.41) is 30.8. The number of aromatic nitrogens is 1. The molecule has 2 aliphatic carbocycles. The number of amides is 3. The number of anilines is 2. The van der Waals surface area contributed by atoms with Gasteiger partial charge >= 0.3 is 6.03 Å². The van der Waals surface area contributed by atoms with Gasteiger partial charge in [-0.2, -0.15) is 0 Å². The van der Waals surface area contributed by atoms with Gasteiger partial charge in [0.2, 0.25) is 5.91 Å². The molecule has 10 rings (SSSR count). The Morgan fingerprint density at radius 3 is 2.29 bits per heavy atom. The van der Waals surface area contributed by atoms with Gasteiger partial charge in [0.25, 0.3) is 5.69 Å². The molecule has 1 saturated carbocycles. The Morgan fingerprint density at radius 1 is 0.849 bits per heavy atom. The number of aromatic hydroxyl groups is 1. The van der Waals surface area contributed by atoms with Gasteiger partial charge < -0.3 is 36.5 Å². The molecule has 13 heteroatoms. The molecule has 0 spiro atoms. The quantitative estimate of drug-likeness (QED) is 0.0333. The Labute approximate surface area is 427 Å². The van der Waals surface area contributed by atoms with Crippen LogP contribution in [0.15, 0.2) is 152 Å². The van der Waals surface area contributed by atoms with E-state index in [1.54, 1.807) is 6.92 Å². The van der Waals surface area contributed by atoms with Crippen molar-refractivity contribution >= 4 is 39.9 Å². The number of nitro benzene ring substituents is 1. The average molecular weight is 982 g/mol. The van der Waals surface area contributed by atoms with Crippen LogP contribution in [0.3, 0.4) is 0 Å². The Hall–Kier alpha value is -7.64. The number of carbonyl (C=O) groups is 2. The van der Waals surface area contributed by atoms with Crippen molar-refractivity contribution in [2.45, 2.75) is 93.9 Å². The molecule has 0 radical (unpaired) electrons. The number of aryl methyl sites for hydroxylation is 1. The van der Waals surface area contributed by atoms with Gasteiger partial charge in [-0.15, -0.1) is 0 Å². The van der Waals surface area contributed by atoms with Crippen molar-refractivity contribution in [3.8, 4) is 11.5 Å². The van der Waals surface area contributed by atoms with Crippen LogP contribution < -0.4 is 26.4 Å². The fraction of sp³-hybridized carbons (Fsp3) is 0.333. The van der Waals surface area contributed by atoms with Gasteiger partial charge in [-0.25, -0.2) is 4.79 Å². The van der Waals surface area contributed by atoms with Crippen molar-refractivity contribution in [3.05, 3.63) is 195 Å². The van der Waals surface area contributed by atoms with Gasteiger partial charge in [0, 0.05) is 71.5 Å². The molecule has 13 nitrogen and oxygen atoms in total. The zero-order valence-corrected chi connectivity index (χ0v) is 41.7. The summed E-state index contributed by atoms with van der Waals surface area (Å²) in [6.07, 6.45) is 12.0. The largest absolute Gasteiger partial charge is 0.508 e. The van der Waals surface area contributed by atoms with Crippen LogP contribution in [0, 0.1) is 10.1 Å². The summed E-state index contributed by atoms with van der Waals surface area (Å²) in [5.41, 5.74) is 13.7. The molecule has 2 fully saturated rings. The van der Waals surface area contributed by atoms with Crippen LogP contribution in [0.4, 0.5) is 21.9 Å². The predicted molar refractivity (Wildman–Crippen MR) is 289 cm³/mol. The molecule has 0 unspecified atom stereocenters. The number of nitrogen functional groups attached to an aromatic ring is 1. The van der Waals surface area contributed by atoms with E-state index in [2.05, 4.69) is 86.5 Å². The second-order valence-electron chi connectivity index (χ2n) is 20.3. The monoisotopic (exact) mass is 982 g/mol. The average Bonchev–Trinajstić information content (AvgIpc) is 4.09. The highest BCUT2D eigenvalue weighted by atomic mass is 16.6. The molecule has 6 aromatic carbocycles. The minimum Gasteiger partial charge on any atom is -0.508 e. The zero-order chi connectivity index (χ0) is 50.8. The summed E-state index contributed by atoms with van der Waals surface area (Å²) in [4.78, 5) is 43.5. The van der Waals surface area contributed by atoms with Crippen LogP contribution in [0.2, 0.25) is 0 Å². The highest BCUT2D eigenvalue weighted by Gasteiger charge is 2.40. The summed E-state index contributed by atoms with van der Waals surface area (Å²) >= 11 is 0. The third kappa shape index (κ3) is 12.2. The number of carbonyl (C=O) groups excluding carboxylic acids is 2. The molecule has 1 aliphatic heterocycles. The van der Waals surface area contributed by atoms with Crippen molar-refractivity contribution in [2.24, 2.45) is 0 Å². The second kappa shape index (κ2) is 22.8. The summed E-state index contributed by atoms with van der Waals surface area (Å²) in [5.74, 6) is 1.72. The molecule has 73 heavy (non-hydrogen) atoms. The number of para-hydroxylation sites is 1. The number of hydrogen-bond donors (Lipinski definition) is 6. The van der Waals surface area contributed by atoms with Crippen molar-refractivity contribution in [3.63, 3.8) is 0 Å². The van der Waals surface area contributed by atoms with Crippen LogP contribution >= 0.6 is 0 Å². The lowest BCUT2D eigenvalue weighted by Gasteiger charge is -2.39. The number of benzene rings is 6. The number of phenolic OH excluding ortho intramolecular Hbond substituents is 1. The minimum absolute atomic E-state index is 0.0812. The van der Waals surface area contributed by atoms with Crippen LogP contribution in [0.25, 0.3) is 10.9 Å². The number of fused-ring (bicyclic) bond motifs is 2. The molecule has 3 aliphatic rings. The van der Waals surface area contributed by atoms with Crippen LogP contribution in [0.5, 0.6) is 11.5 Å². The van der Waals surface area contributed by atoms with E-state index in [1.807, 2.05) is 66.9 Å². The predicted octanol–water partition coefficient (Wildman–Crippen LogP) is 11.5. The van der Waals surface area contributed by atoms with E-state index in [-0.39, 0.29) is 29.3 Å². The van der Waals surface area contributed by atoms with Gasteiger partial charge in [0.1, 0.15) is 23.6 Å². The van der Waals surface area contributed by atoms with Gasteiger partial charge in [-0.1, -0.05) is 98.1 Å². The lowest BCUT2D eigenvalue weighted by Crippen LogP contribution is -2.60. The van der Waals surface area contributed by atoms with E-state index < -0.39 is 16.5 Å².